The third-order valence-corrected chi connectivity index (χ3v) is 6.09. The van der Waals surface area contributed by atoms with Crippen molar-refractivity contribution in [1.82, 2.24) is 4.98 Å². The number of methoxy groups -OCH3 is 1. The Morgan fingerprint density at radius 3 is 2.26 bits per heavy atom. The van der Waals surface area contributed by atoms with Crippen LogP contribution in [-0.2, 0) is 14.3 Å². The molecule has 0 aliphatic rings. The van der Waals surface area contributed by atoms with Gasteiger partial charge in [-0.1, -0.05) is 64.7 Å². The lowest BCUT2D eigenvalue weighted by atomic mass is 10.1. The Morgan fingerprint density at radius 2 is 1.59 bits per heavy atom. The van der Waals surface area contributed by atoms with Gasteiger partial charge >= 0.3 is 0 Å². The number of carbonyl (C=O) groups is 1. The second-order valence-electron chi connectivity index (χ2n) is 8.88. The van der Waals surface area contributed by atoms with E-state index in [0.717, 1.165) is 42.5 Å². The lowest BCUT2D eigenvalue weighted by molar-refractivity contribution is -0.107. The summed E-state index contributed by atoms with van der Waals surface area (Å²) in [6.45, 7) is 5.23. The minimum atomic E-state index is 0.471. The van der Waals surface area contributed by atoms with E-state index in [0.29, 0.717) is 37.9 Å². The van der Waals surface area contributed by atoms with E-state index in [-0.39, 0.29) is 0 Å². The van der Waals surface area contributed by atoms with Gasteiger partial charge in [0, 0.05) is 37.8 Å². The highest BCUT2D eigenvalue weighted by Crippen LogP contribution is 2.33. The number of amides is 1. The maximum atomic E-state index is 11.7. The molecule has 1 aromatic heterocycles. The van der Waals surface area contributed by atoms with Gasteiger partial charge in [0.2, 0.25) is 6.41 Å². The van der Waals surface area contributed by atoms with E-state index in [2.05, 4.69) is 11.9 Å². The summed E-state index contributed by atoms with van der Waals surface area (Å²) in [7, 11) is 1.64. The molecule has 0 radical (unpaired) electrons. The van der Waals surface area contributed by atoms with E-state index in [1.165, 1.54) is 57.8 Å². The van der Waals surface area contributed by atoms with Gasteiger partial charge in [-0.25, -0.2) is 0 Å². The molecule has 0 saturated carbocycles. The first kappa shape index (κ1) is 28.0. The summed E-state index contributed by atoms with van der Waals surface area (Å²) in [5.74, 6) is 1.34. The molecule has 0 spiro atoms. The van der Waals surface area contributed by atoms with E-state index in [1.54, 1.807) is 12.0 Å². The molecule has 0 unspecified atom stereocenters. The number of unbranched alkanes of at least 4 members (excludes halogenated alkanes) is 9. The average molecular weight is 476 g/mol. The predicted molar refractivity (Wildman–Crippen MR) is 141 cm³/mol. The van der Waals surface area contributed by atoms with E-state index < -0.39 is 0 Å². The van der Waals surface area contributed by atoms with Crippen molar-refractivity contribution in [2.24, 2.45) is 0 Å². The number of benzene rings is 1. The van der Waals surface area contributed by atoms with Gasteiger partial charge in [-0.3, -0.25) is 9.69 Å². The number of nitrogens with two attached hydrogens (primary N) is 1. The number of anilines is 2. The summed E-state index contributed by atoms with van der Waals surface area (Å²) in [4.78, 5) is 16.6. The van der Waals surface area contributed by atoms with Crippen molar-refractivity contribution < 1.29 is 19.0 Å². The highest BCUT2D eigenvalue weighted by Gasteiger charge is 2.15. The molecule has 192 valence electrons. The Balaban J connectivity index is 1.63. The molecule has 3 N–H and O–H groups in total. The van der Waals surface area contributed by atoms with Crippen molar-refractivity contribution in [2.45, 2.75) is 77.6 Å². The third-order valence-electron chi connectivity index (χ3n) is 6.09. The summed E-state index contributed by atoms with van der Waals surface area (Å²) in [6, 6.07) is 5.68. The number of fused-ring (bicyclic) bond motifs is 1. The topological polar surface area (TPSA) is 89.8 Å². The number of nitrogens with one attached hydrogen (secondary N) is 1. The second kappa shape index (κ2) is 17.2. The molecule has 1 heterocycles. The van der Waals surface area contributed by atoms with Crippen LogP contribution in [0.4, 0.5) is 11.5 Å². The van der Waals surface area contributed by atoms with E-state index in [1.807, 2.05) is 18.2 Å². The first-order chi connectivity index (χ1) is 16.7. The summed E-state index contributed by atoms with van der Waals surface area (Å²) in [6.07, 6.45) is 14.8. The van der Waals surface area contributed by atoms with Crippen LogP contribution in [0.2, 0.25) is 0 Å². The van der Waals surface area contributed by atoms with Gasteiger partial charge in [-0.2, -0.15) is 0 Å². The molecular weight excluding hydrogens is 430 g/mol. The molecule has 0 aliphatic heterocycles. The second-order valence-corrected chi connectivity index (χ2v) is 8.88. The van der Waals surface area contributed by atoms with Crippen LogP contribution in [-0.4, -0.2) is 51.5 Å². The van der Waals surface area contributed by atoms with Gasteiger partial charge in [-0.15, -0.1) is 0 Å². The summed E-state index contributed by atoms with van der Waals surface area (Å²) >= 11 is 0. The molecule has 0 atom stereocenters. The maximum Gasteiger partial charge on any atom is 0.215 e. The number of H-pyrrole nitrogens is 1. The van der Waals surface area contributed by atoms with Crippen LogP contribution in [0, 0.1) is 0 Å². The first-order valence-corrected chi connectivity index (χ1v) is 13.0. The standard InChI is InChI=1S/C27H45N3O4/c1-3-4-5-6-7-8-9-10-11-12-17-33-18-13-16-30(22-31)27-26(28)24-21-23(34-20-19-32-2)14-15-25(24)29-27/h14-15,21-22,29H,3-13,16-20,28H2,1-2H3. The molecule has 7 heteroatoms. The van der Waals surface area contributed by atoms with Crippen molar-refractivity contribution in [1.29, 1.82) is 0 Å². The van der Waals surface area contributed by atoms with Crippen LogP contribution in [0.25, 0.3) is 10.9 Å². The van der Waals surface area contributed by atoms with Gasteiger partial charge in [0.1, 0.15) is 18.2 Å². The molecular formula is C27H45N3O4. The third kappa shape index (κ3) is 9.94. The molecule has 0 saturated heterocycles. The smallest absolute Gasteiger partial charge is 0.215 e. The molecule has 2 aromatic rings. The van der Waals surface area contributed by atoms with Crippen LogP contribution >= 0.6 is 0 Å². The molecule has 2 rings (SSSR count). The molecule has 0 aliphatic carbocycles. The molecule has 7 nitrogen and oxygen atoms in total. The van der Waals surface area contributed by atoms with Crippen molar-refractivity contribution in [3.63, 3.8) is 0 Å². The number of rotatable bonds is 21. The fraction of sp³-hybridized carbons (Fsp3) is 0.667. The van der Waals surface area contributed by atoms with Crippen LogP contribution in [0.3, 0.4) is 0 Å². The Morgan fingerprint density at radius 1 is 0.912 bits per heavy atom. The van der Waals surface area contributed by atoms with Gasteiger partial charge in [0.25, 0.3) is 0 Å². The summed E-state index contributed by atoms with van der Waals surface area (Å²) < 4.78 is 16.5. The van der Waals surface area contributed by atoms with E-state index in [4.69, 9.17) is 19.9 Å². The summed E-state index contributed by atoms with van der Waals surface area (Å²) in [5.41, 5.74) is 7.76. The Bertz CT molecular complexity index is 809. The van der Waals surface area contributed by atoms with Gasteiger partial charge in [0.05, 0.1) is 12.3 Å². The number of nitrogens with zero attached hydrogens (tertiary/aromatic N) is 1. The Labute approximate surface area is 205 Å². The molecule has 1 aromatic carbocycles. The lowest BCUT2D eigenvalue weighted by Crippen LogP contribution is -2.24. The zero-order valence-electron chi connectivity index (χ0n) is 21.3. The van der Waals surface area contributed by atoms with Gasteiger partial charge in [0.15, 0.2) is 0 Å². The number of hydrogen-bond acceptors (Lipinski definition) is 5. The Kier molecular flexibility index (Phi) is 14.2. The SMILES string of the molecule is CCCCCCCCCCCCOCCCN(C=O)c1[nH]c2ccc(OCCOC)cc2c1N. The monoisotopic (exact) mass is 475 g/mol. The van der Waals surface area contributed by atoms with Crippen molar-refractivity contribution in [3.05, 3.63) is 18.2 Å². The highest BCUT2D eigenvalue weighted by atomic mass is 16.5. The number of nitrogen functional groups attached to an aromatic ring is 1. The number of aromatic amines is 1. The number of ether oxygens (including phenoxy) is 3. The fourth-order valence-electron chi connectivity index (χ4n) is 4.08. The predicted octanol–water partition coefficient (Wildman–Crippen LogP) is 6.07. The summed E-state index contributed by atoms with van der Waals surface area (Å²) in [5, 5.41) is 0.842. The highest BCUT2D eigenvalue weighted by molar-refractivity contribution is 6.01. The Hall–Kier alpha value is -2.25. The van der Waals surface area contributed by atoms with E-state index in [9.17, 15) is 4.79 Å². The number of carbonyl (C=O) groups excluding carboxylic acids is 1. The van der Waals surface area contributed by atoms with Gasteiger partial charge in [-0.05, 0) is 31.0 Å². The minimum Gasteiger partial charge on any atom is -0.491 e. The average Bonchev–Trinajstić information content (AvgIpc) is 3.17. The molecule has 34 heavy (non-hydrogen) atoms. The zero-order chi connectivity index (χ0) is 24.4. The molecule has 0 bridgehead atoms. The fourth-order valence-corrected chi connectivity index (χ4v) is 4.08. The van der Waals surface area contributed by atoms with Crippen LogP contribution in [0.5, 0.6) is 5.75 Å². The minimum absolute atomic E-state index is 0.471. The van der Waals surface area contributed by atoms with Gasteiger partial charge < -0.3 is 24.9 Å². The number of aromatic nitrogens is 1. The largest absolute Gasteiger partial charge is 0.491 e. The molecule has 1 amide bonds. The quantitative estimate of drug-likeness (QED) is 0.169. The maximum absolute atomic E-state index is 11.7. The molecule has 0 fully saturated rings. The van der Waals surface area contributed by atoms with Crippen LogP contribution in [0.1, 0.15) is 77.6 Å². The lowest BCUT2D eigenvalue weighted by Gasteiger charge is -2.16. The first-order valence-electron chi connectivity index (χ1n) is 13.0. The van der Waals surface area contributed by atoms with Crippen molar-refractivity contribution in [3.8, 4) is 5.75 Å². The van der Waals surface area contributed by atoms with Crippen molar-refractivity contribution >= 4 is 28.8 Å². The van der Waals surface area contributed by atoms with E-state index >= 15 is 0 Å². The zero-order valence-corrected chi connectivity index (χ0v) is 21.3. The number of hydrogen-bond donors (Lipinski definition) is 2. The van der Waals surface area contributed by atoms with Crippen LogP contribution in [0.15, 0.2) is 18.2 Å². The van der Waals surface area contributed by atoms with Crippen molar-refractivity contribution in [2.75, 3.05) is 50.7 Å². The normalized spacial score (nSPS) is 11.2. The van der Waals surface area contributed by atoms with Crippen LogP contribution < -0.4 is 15.4 Å².